The van der Waals surface area contributed by atoms with Gasteiger partial charge in [-0.05, 0) is 41.5 Å². The summed E-state index contributed by atoms with van der Waals surface area (Å²) >= 11 is 3.52. The molecule has 0 amide bonds. The minimum absolute atomic E-state index is 0.902. The highest BCUT2D eigenvalue weighted by Gasteiger charge is 2.02. The largest absolute Gasteiger partial charge is 0.497 e. The van der Waals surface area contributed by atoms with E-state index in [4.69, 9.17) is 4.74 Å². The second-order valence-corrected chi connectivity index (χ2v) is 4.11. The van der Waals surface area contributed by atoms with Gasteiger partial charge in [-0.25, -0.2) is 0 Å². The van der Waals surface area contributed by atoms with Crippen molar-refractivity contribution in [2.45, 2.75) is 6.92 Å². The summed E-state index contributed by atoms with van der Waals surface area (Å²) in [6, 6.07) is 10.3. The summed E-state index contributed by atoms with van der Waals surface area (Å²) in [4.78, 5) is 0. The zero-order valence-corrected chi connectivity index (χ0v) is 9.76. The summed E-state index contributed by atoms with van der Waals surface area (Å²) in [7, 11) is 1.69. The fourth-order valence-electron chi connectivity index (χ4n) is 1.55. The van der Waals surface area contributed by atoms with Crippen LogP contribution in [-0.2, 0) is 0 Å². The van der Waals surface area contributed by atoms with Crippen molar-refractivity contribution in [2.24, 2.45) is 0 Å². The lowest BCUT2D eigenvalue weighted by molar-refractivity contribution is 0.415. The summed E-state index contributed by atoms with van der Waals surface area (Å²) in [6.07, 6.45) is 0. The number of benzene rings is 2. The molecule has 0 unspecified atom stereocenters. The van der Waals surface area contributed by atoms with Gasteiger partial charge in [-0.1, -0.05) is 28.1 Å². The van der Waals surface area contributed by atoms with Gasteiger partial charge in [-0.2, -0.15) is 0 Å². The molecule has 0 saturated heterocycles. The van der Waals surface area contributed by atoms with Crippen LogP contribution in [-0.4, -0.2) is 7.11 Å². The number of rotatable bonds is 1. The maximum atomic E-state index is 5.20. The summed E-state index contributed by atoms with van der Waals surface area (Å²) in [5.41, 5.74) is 1.25. The van der Waals surface area contributed by atoms with Crippen LogP contribution in [0.3, 0.4) is 0 Å². The number of hydrogen-bond donors (Lipinski definition) is 0. The van der Waals surface area contributed by atoms with Crippen LogP contribution in [0.5, 0.6) is 5.75 Å². The van der Waals surface area contributed by atoms with Crippen molar-refractivity contribution >= 4 is 26.7 Å². The Balaban J connectivity index is 2.78. The van der Waals surface area contributed by atoms with Crippen molar-refractivity contribution in [3.8, 4) is 5.75 Å². The van der Waals surface area contributed by atoms with Crippen molar-refractivity contribution in [1.29, 1.82) is 0 Å². The smallest absolute Gasteiger partial charge is 0.119 e. The third-order valence-corrected chi connectivity index (χ3v) is 3.29. The number of ether oxygens (including phenoxy) is 1. The van der Waals surface area contributed by atoms with Gasteiger partial charge in [0.2, 0.25) is 0 Å². The lowest BCUT2D eigenvalue weighted by atomic mass is 10.1. The fraction of sp³-hybridized carbons (Fsp3) is 0.167. The predicted octanol–water partition coefficient (Wildman–Crippen LogP) is 3.92. The minimum Gasteiger partial charge on any atom is -0.497 e. The number of aryl methyl sites for hydroxylation is 1. The predicted molar refractivity (Wildman–Crippen MR) is 62.9 cm³/mol. The molecule has 0 bridgehead atoms. The molecule has 0 aliphatic rings. The monoisotopic (exact) mass is 250 g/mol. The quantitative estimate of drug-likeness (QED) is 0.746. The maximum absolute atomic E-state index is 5.20. The first-order valence-electron chi connectivity index (χ1n) is 4.45. The van der Waals surface area contributed by atoms with Crippen LogP contribution in [0.2, 0.25) is 0 Å². The summed E-state index contributed by atoms with van der Waals surface area (Å²) in [5.74, 6) is 0.902. The van der Waals surface area contributed by atoms with Crippen molar-refractivity contribution in [3.05, 3.63) is 40.4 Å². The molecule has 1 nitrogen and oxygen atoms in total. The topological polar surface area (TPSA) is 9.23 Å². The van der Waals surface area contributed by atoms with Crippen molar-refractivity contribution in [1.82, 2.24) is 0 Å². The van der Waals surface area contributed by atoms with E-state index in [1.807, 2.05) is 6.07 Å². The van der Waals surface area contributed by atoms with Gasteiger partial charge in [0.15, 0.2) is 0 Å². The molecule has 0 atom stereocenters. The van der Waals surface area contributed by atoms with E-state index in [1.54, 1.807) is 7.11 Å². The normalized spacial score (nSPS) is 10.5. The molecule has 2 aromatic carbocycles. The van der Waals surface area contributed by atoms with Gasteiger partial charge in [-0.15, -0.1) is 0 Å². The number of hydrogen-bond acceptors (Lipinski definition) is 1. The molecule has 0 aliphatic carbocycles. The average Bonchev–Trinajstić information content (AvgIpc) is 2.23. The van der Waals surface area contributed by atoms with Gasteiger partial charge in [0, 0.05) is 4.47 Å². The molecule has 14 heavy (non-hydrogen) atoms. The molecule has 0 aliphatic heterocycles. The summed E-state index contributed by atoms with van der Waals surface area (Å²) in [5, 5.41) is 2.48. The van der Waals surface area contributed by atoms with E-state index in [0.29, 0.717) is 0 Å². The van der Waals surface area contributed by atoms with Gasteiger partial charge < -0.3 is 4.74 Å². The molecule has 0 saturated carbocycles. The Morgan fingerprint density at radius 2 is 1.86 bits per heavy atom. The SMILES string of the molecule is COc1ccc2ccc(Br)c(C)c2c1. The molecule has 0 heterocycles. The Hall–Kier alpha value is -1.02. The molecule has 0 N–H and O–H groups in total. The van der Waals surface area contributed by atoms with Crippen molar-refractivity contribution in [3.63, 3.8) is 0 Å². The molecule has 0 aromatic heterocycles. The zero-order chi connectivity index (χ0) is 10.1. The van der Waals surface area contributed by atoms with Crippen LogP contribution < -0.4 is 4.74 Å². The van der Waals surface area contributed by atoms with E-state index in [9.17, 15) is 0 Å². The number of fused-ring (bicyclic) bond motifs is 1. The molecule has 2 aromatic rings. The van der Waals surface area contributed by atoms with E-state index in [1.165, 1.54) is 16.3 Å². The molecular weight excluding hydrogens is 240 g/mol. The van der Waals surface area contributed by atoms with Crippen LogP contribution in [0.25, 0.3) is 10.8 Å². The molecule has 0 fully saturated rings. The van der Waals surface area contributed by atoms with Crippen LogP contribution in [0.1, 0.15) is 5.56 Å². The van der Waals surface area contributed by atoms with E-state index in [2.05, 4.69) is 47.1 Å². The van der Waals surface area contributed by atoms with Gasteiger partial charge in [0.1, 0.15) is 5.75 Å². The van der Waals surface area contributed by atoms with Crippen molar-refractivity contribution in [2.75, 3.05) is 7.11 Å². The van der Waals surface area contributed by atoms with Gasteiger partial charge >= 0.3 is 0 Å². The summed E-state index contributed by atoms with van der Waals surface area (Å²) in [6.45, 7) is 2.10. The number of halogens is 1. The first-order valence-corrected chi connectivity index (χ1v) is 5.24. The van der Waals surface area contributed by atoms with E-state index < -0.39 is 0 Å². The highest BCUT2D eigenvalue weighted by Crippen LogP contribution is 2.28. The Morgan fingerprint density at radius 3 is 2.57 bits per heavy atom. The Bertz CT molecular complexity index is 477. The first kappa shape index (κ1) is 9.53. The third-order valence-electron chi connectivity index (χ3n) is 2.43. The Labute approximate surface area is 91.8 Å². The van der Waals surface area contributed by atoms with Crippen molar-refractivity contribution < 1.29 is 4.74 Å². The van der Waals surface area contributed by atoms with Gasteiger partial charge in [0.25, 0.3) is 0 Å². The van der Waals surface area contributed by atoms with Crippen LogP contribution >= 0.6 is 15.9 Å². The minimum atomic E-state index is 0.902. The zero-order valence-electron chi connectivity index (χ0n) is 8.17. The standard InChI is InChI=1S/C12H11BrO/c1-8-11-7-10(14-2)5-3-9(11)4-6-12(8)13/h3-7H,1-2H3. The van der Waals surface area contributed by atoms with E-state index in [-0.39, 0.29) is 0 Å². The van der Waals surface area contributed by atoms with Crippen LogP contribution in [0, 0.1) is 6.92 Å². The second-order valence-electron chi connectivity index (χ2n) is 3.26. The maximum Gasteiger partial charge on any atom is 0.119 e. The van der Waals surface area contributed by atoms with Crippen LogP contribution in [0.15, 0.2) is 34.8 Å². The van der Waals surface area contributed by atoms with E-state index in [0.717, 1.165) is 10.2 Å². The highest BCUT2D eigenvalue weighted by atomic mass is 79.9. The summed E-state index contributed by atoms with van der Waals surface area (Å²) < 4.78 is 6.34. The molecule has 0 spiro atoms. The lowest BCUT2D eigenvalue weighted by Gasteiger charge is -2.06. The Kier molecular flexibility index (Phi) is 2.46. The second kappa shape index (κ2) is 3.62. The van der Waals surface area contributed by atoms with Crippen LogP contribution in [0.4, 0.5) is 0 Å². The molecular formula is C12H11BrO. The third kappa shape index (κ3) is 1.50. The fourth-order valence-corrected chi connectivity index (χ4v) is 1.89. The Morgan fingerprint density at radius 1 is 1.14 bits per heavy atom. The lowest BCUT2D eigenvalue weighted by Crippen LogP contribution is -1.85. The molecule has 2 rings (SSSR count). The van der Waals surface area contributed by atoms with Gasteiger partial charge in [0.05, 0.1) is 7.11 Å². The molecule has 0 radical (unpaired) electrons. The highest BCUT2D eigenvalue weighted by molar-refractivity contribution is 9.10. The van der Waals surface area contributed by atoms with Gasteiger partial charge in [-0.3, -0.25) is 0 Å². The average molecular weight is 251 g/mol. The first-order chi connectivity index (χ1) is 6.72. The number of methoxy groups -OCH3 is 1. The molecule has 72 valence electrons. The van der Waals surface area contributed by atoms with E-state index >= 15 is 0 Å². The molecule has 2 heteroatoms.